The Labute approximate surface area is 207 Å². The third kappa shape index (κ3) is 4.67. The molecule has 8 heteroatoms. The first-order chi connectivity index (χ1) is 15.9. The van der Waals surface area contributed by atoms with Gasteiger partial charge in [-0.05, 0) is 62.5 Å². The Morgan fingerprint density at radius 3 is 2.62 bits per heavy atom. The lowest BCUT2D eigenvalue weighted by molar-refractivity contribution is 0.0358. The van der Waals surface area contributed by atoms with Gasteiger partial charge in [0.2, 0.25) is 0 Å². The number of carbonyl (C=O) groups is 1. The molecule has 1 aromatic rings. The van der Waals surface area contributed by atoms with Crippen molar-refractivity contribution in [3.63, 3.8) is 0 Å². The Morgan fingerprint density at radius 2 is 2.03 bits per heavy atom. The summed E-state index contributed by atoms with van der Waals surface area (Å²) in [5.41, 5.74) is 9.10. The van der Waals surface area contributed by atoms with Gasteiger partial charge in [0.05, 0.1) is 29.5 Å². The van der Waals surface area contributed by atoms with E-state index in [0.717, 1.165) is 31.4 Å². The van der Waals surface area contributed by atoms with E-state index in [9.17, 15) is 9.90 Å². The number of ether oxygens (including phenoxy) is 1. The number of amides is 1. The van der Waals surface area contributed by atoms with Gasteiger partial charge in [-0.15, -0.1) is 11.8 Å². The van der Waals surface area contributed by atoms with E-state index >= 15 is 0 Å². The monoisotopic (exact) mass is 486 g/mol. The molecule has 0 bridgehead atoms. The Hall–Kier alpha value is -2.19. The minimum atomic E-state index is -0.463. The van der Waals surface area contributed by atoms with Gasteiger partial charge in [-0.3, -0.25) is 4.79 Å². The number of aliphatic hydroxyl groups excluding tert-OH is 1. The SMILES string of the molecule is CCOc1cc(C(=O)N2CCC3(CC2)CC2=C(NC(C(C)(C)C)S2)C(O)C3)cc(C(C)=N)c1N. The Morgan fingerprint density at radius 1 is 1.35 bits per heavy atom. The van der Waals surface area contributed by atoms with Gasteiger partial charge in [0.25, 0.3) is 5.91 Å². The number of hydrogen-bond donors (Lipinski definition) is 4. The molecule has 2 heterocycles. The summed E-state index contributed by atoms with van der Waals surface area (Å²) in [6.07, 6.45) is 2.99. The van der Waals surface area contributed by atoms with Crippen molar-refractivity contribution >= 4 is 29.1 Å². The predicted molar refractivity (Wildman–Crippen MR) is 138 cm³/mol. The Balaban J connectivity index is 1.47. The number of likely N-dealkylation sites (tertiary alicyclic amines) is 1. The number of nitrogens with two attached hydrogens (primary N) is 1. The van der Waals surface area contributed by atoms with Crippen molar-refractivity contribution in [1.82, 2.24) is 10.2 Å². The van der Waals surface area contributed by atoms with Crippen LogP contribution < -0.4 is 15.8 Å². The number of piperidine rings is 1. The van der Waals surface area contributed by atoms with Crippen LogP contribution in [0.25, 0.3) is 0 Å². The number of nitrogen functional groups attached to an aromatic ring is 1. The van der Waals surface area contributed by atoms with Crippen LogP contribution in [0.1, 0.15) is 76.2 Å². The van der Waals surface area contributed by atoms with Crippen LogP contribution >= 0.6 is 11.8 Å². The van der Waals surface area contributed by atoms with Crippen LogP contribution in [-0.2, 0) is 0 Å². The molecule has 1 saturated heterocycles. The zero-order valence-electron chi connectivity index (χ0n) is 21.0. The third-order valence-electron chi connectivity index (χ3n) is 7.33. The van der Waals surface area contributed by atoms with Crippen molar-refractivity contribution in [3.05, 3.63) is 33.9 Å². The molecule has 0 aromatic heterocycles. The molecule has 5 N–H and O–H groups in total. The lowest BCUT2D eigenvalue weighted by Crippen LogP contribution is -2.46. The summed E-state index contributed by atoms with van der Waals surface area (Å²) in [6.45, 7) is 12.0. The van der Waals surface area contributed by atoms with Crippen molar-refractivity contribution in [1.29, 1.82) is 5.41 Å². The van der Waals surface area contributed by atoms with Gasteiger partial charge < -0.3 is 31.2 Å². The minimum Gasteiger partial charge on any atom is -0.492 e. The maximum absolute atomic E-state index is 13.4. The van der Waals surface area contributed by atoms with Crippen LogP contribution in [0.15, 0.2) is 22.7 Å². The van der Waals surface area contributed by atoms with Gasteiger partial charge in [0.1, 0.15) is 5.75 Å². The lowest BCUT2D eigenvalue weighted by Gasteiger charge is -2.45. The normalized spacial score (nSPS) is 24.1. The number of allylic oxidation sites excluding steroid dienone is 1. The minimum absolute atomic E-state index is 0.0325. The van der Waals surface area contributed by atoms with Gasteiger partial charge in [-0.1, -0.05) is 20.8 Å². The molecule has 1 amide bonds. The largest absolute Gasteiger partial charge is 0.492 e. The van der Waals surface area contributed by atoms with Crippen LogP contribution in [0.4, 0.5) is 5.69 Å². The summed E-state index contributed by atoms with van der Waals surface area (Å²) < 4.78 is 5.65. The maximum atomic E-state index is 13.4. The molecule has 2 aliphatic heterocycles. The topological polar surface area (TPSA) is 112 Å². The third-order valence-corrected chi connectivity index (χ3v) is 9.04. The lowest BCUT2D eigenvalue weighted by atomic mass is 9.68. The molecule has 4 rings (SSSR count). The number of anilines is 1. The standard InChI is InChI=1S/C26H38N4O3S/c1-6-33-19-12-16(11-17(15(2)27)21(19)28)23(32)30-9-7-26(8-10-30)13-18(31)22-20(14-26)34-24(29-22)25(3,4)5/h11-12,18,24,27,29,31H,6-10,13-14,28H2,1-5H3. The highest BCUT2D eigenvalue weighted by Crippen LogP contribution is 2.53. The number of thioether (sulfide) groups is 1. The molecule has 1 aromatic carbocycles. The average Bonchev–Trinajstić information content (AvgIpc) is 3.20. The first-order valence-corrected chi connectivity index (χ1v) is 13.1. The molecule has 186 valence electrons. The number of aliphatic hydroxyl groups is 1. The number of rotatable bonds is 4. The number of nitrogens with one attached hydrogen (secondary N) is 2. The van der Waals surface area contributed by atoms with Crippen molar-refractivity contribution in [2.75, 3.05) is 25.4 Å². The first-order valence-electron chi connectivity index (χ1n) is 12.2. The molecule has 1 aliphatic carbocycles. The highest BCUT2D eigenvalue weighted by atomic mass is 32.2. The second-order valence-electron chi connectivity index (χ2n) is 11.0. The van der Waals surface area contributed by atoms with Gasteiger partial charge in [0, 0.05) is 34.8 Å². The summed E-state index contributed by atoms with van der Waals surface area (Å²) in [7, 11) is 0. The molecular weight excluding hydrogens is 448 g/mol. The van der Waals surface area contributed by atoms with Gasteiger partial charge in [-0.25, -0.2) is 0 Å². The van der Waals surface area contributed by atoms with E-state index in [4.69, 9.17) is 15.9 Å². The number of carbonyl (C=O) groups excluding carboxylic acids is 1. The summed E-state index contributed by atoms with van der Waals surface area (Å²) in [4.78, 5) is 16.6. The van der Waals surface area contributed by atoms with Crippen LogP contribution in [0, 0.1) is 16.2 Å². The quantitative estimate of drug-likeness (QED) is 0.372. The van der Waals surface area contributed by atoms with Gasteiger partial charge in [0.15, 0.2) is 0 Å². The molecule has 0 saturated carbocycles. The van der Waals surface area contributed by atoms with Gasteiger partial charge >= 0.3 is 0 Å². The molecule has 1 fully saturated rings. The van der Waals surface area contributed by atoms with Gasteiger partial charge in [-0.2, -0.15) is 0 Å². The van der Waals surface area contributed by atoms with Crippen molar-refractivity contribution in [3.8, 4) is 5.75 Å². The van der Waals surface area contributed by atoms with Crippen molar-refractivity contribution < 1.29 is 14.6 Å². The van der Waals surface area contributed by atoms with Crippen molar-refractivity contribution in [2.45, 2.75) is 71.8 Å². The van der Waals surface area contributed by atoms with E-state index in [0.29, 0.717) is 48.0 Å². The summed E-state index contributed by atoms with van der Waals surface area (Å²) in [6, 6.07) is 3.41. The van der Waals surface area contributed by atoms with E-state index in [1.165, 1.54) is 4.91 Å². The first kappa shape index (κ1) is 24.9. The molecule has 0 radical (unpaired) electrons. The van der Waals surface area contributed by atoms with E-state index < -0.39 is 6.10 Å². The molecule has 7 nitrogen and oxygen atoms in total. The van der Waals surface area contributed by atoms with E-state index in [2.05, 4.69) is 26.1 Å². The number of hydrogen-bond acceptors (Lipinski definition) is 7. The van der Waals surface area contributed by atoms with Crippen LogP contribution in [0.3, 0.4) is 0 Å². The highest BCUT2D eigenvalue weighted by Gasteiger charge is 2.47. The smallest absolute Gasteiger partial charge is 0.254 e. The zero-order chi connectivity index (χ0) is 24.8. The van der Waals surface area contributed by atoms with E-state index in [1.807, 2.05) is 23.6 Å². The van der Waals surface area contributed by atoms with Crippen LogP contribution in [-0.4, -0.2) is 52.8 Å². The van der Waals surface area contributed by atoms with Crippen LogP contribution in [0.5, 0.6) is 5.75 Å². The Kier molecular flexibility index (Phi) is 6.68. The molecule has 1 spiro atoms. The summed E-state index contributed by atoms with van der Waals surface area (Å²) in [5, 5.41) is 22.9. The fourth-order valence-electron chi connectivity index (χ4n) is 5.28. The van der Waals surface area contributed by atoms with Crippen LogP contribution in [0.2, 0.25) is 0 Å². The second kappa shape index (κ2) is 9.11. The molecule has 2 atom stereocenters. The number of benzene rings is 1. The van der Waals surface area contributed by atoms with E-state index in [1.54, 1.807) is 19.1 Å². The highest BCUT2D eigenvalue weighted by molar-refractivity contribution is 8.03. The summed E-state index contributed by atoms with van der Waals surface area (Å²) >= 11 is 1.87. The second-order valence-corrected chi connectivity index (χ2v) is 12.2. The average molecular weight is 487 g/mol. The predicted octanol–water partition coefficient (Wildman–Crippen LogP) is 4.35. The van der Waals surface area contributed by atoms with E-state index in [-0.39, 0.29) is 22.1 Å². The fraction of sp³-hybridized carbons (Fsp3) is 0.615. The Bertz CT molecular complexity index is 1020. The molecule has 2 unspecified atom stereocenters. The summed E-state index contributed by atoms with van der Waals surface area (Å²) in [5.74, 6) is 0.400. The molecule has 3 aliphatic rings. The van der Waals surface area contributed by atoms with Crippen molar-refractivity contribution in [2.24, 2.45) is 10.8 Å². The molecular formula is C26H38N4O3S. The maximum Gasteiger partial charge on any atom is 0.254 e. The molecule has 34 heavy (non-hydrogen) atoms. The fourth-order valence-corrected chi connectivity index (χ4v) is 6.81. The zero-order valence-corrected chi connectivity index (χ0v) is 21.8. The number of nitrogens with zero attached hydrogens (tertiary/aromatic N) is 1.